The van der Waals surface area contributed by atoms with Crippen molar-refractivity contribution in [2.75, 3.05) is 37.7 Å². The highest BCUT2D eigenvalue weighted by Gasteiger charge is 2.18. The van der Waals surface area contributed by atoms with Crippen molar-refractivity contribution < 1.29 is 29.3 Å². The number of rotatable bonds is 10. The van der Waals surface area contributed by atoms with Crippen molar-refractivity contribution in [2.24, 2.45) is 5.90 Å². The Morgan fingerprint density at radius 1 is 0.974 bits per heavy atom. The van der Waals surface area contributed by atoms with Gasteiger partial charge in [0.15, 0.2) is 5.75 Å². The maximum atomic E-state index is 11.9. The molecule has 39 heavy (non-hydrogen) atoms. The van der Waals surface area contributed by atoms with E-state index in [-0.39, 0.29) is 5.91 Å². The van der Waals surface area contributed by atoms with Crippen molar-refractivity contribution in [1.82, 2.24) is 10.3 Å². The molecule has 2 heterocycles. The van der Waals surface area contributed by atoms with Gasteiger partial charge in [0, 0.05) is 48.4 Å². The zero-order valence-corrected chi connectivity index (χ0v) is 21.5. The van der Waals surface area contributed by atoms with Crippen molar-refractivity contribution in [3.8, 4) is 17.2 Å². The Labute approximate surface area is 226 Å². The molecule has 1 fully saturated rings. The number of nitrogens with two attached hydrogens (primary N) is 1. The standard InChI is InChI=1S/C20H24N2O5.C9H8N2O/c23-20-14-21-10-11-22(20)17-6-8-18(9-7-17)26-13-3-12-25-15-16-4-1-2-5-19(16)27-24;10-12-8-4-3-7-2-1-5-11-9(7)6-8/h1-2,4-9,21,24H,3,10-15H2;1-6H,10H2. The van der Waals surface area contributed by atoms with Gasteiger partial charge in [-0.1, -0.05) is 24.3 Å². The molecule has 3 aromatic carbocycles. The normalized spacial score (nSPS) is 13.0. The molecule has 0 aliphatic carbocycles. The summed E-state index contributed by atoms with van der Waals surface area (Å²) in [7, 11) is 0. The zero-order chi connectivity index (χ0) is 27.3. The third kappa shape index (κ3) is 8.13. The monoisotopic (exact) mass is 532 g/mol. The molecule has 10 heteroatoms. The van der Waals surface area contributed by atoms with Crippen LogP contribution in [0.3, 0.4) is 0 Å². The van der Waals surface area contributed by atoms with E-state index in [9.17, 15) is 4.79 Å². The topological polar surface area (TPSA) is 128 Å². The number of anilines is 1. The molecule has 0 spiro atoms. The van der Waals surface area contributed by atoms with Gasteiger partial charge in [0.1, 0.15) is 11.5 Å². The van der Waals surface area contributed by atoms with Gasteiger partial charge in [-0.25, -0.2) is 5.26 Å². The smallest absolute Gasteiger partial charge is 0.240 e. The van der Waals surface area contributed by atoms with Crippen LogP contribution in [0.1, 0.15) is 12.0 Å². The third-order valence-corrected chi connectivity index (χ3v) is 5.98. The van der Waals surface area contributed by atoms with Crippen LogP contribution in [-0.4, -0.2) is 49.0 Å². The Balaban J connectivity index is 0.000000243. The predicted molar refractivity (Wildman–Crippen MR) is 148 cm³/mol. The van der Waals surface area contributed by atoms with E-state index >= 15 is 0 Å². The molecule has 1 aliphatic rings. The van der Waals surface area contributed by atoms with Crippen LogP contribution in [0.15, 0.2) is 85.1 Å². The molecule has 4 N–H and O–H groups in total. The van der Waals surface area contributed by atoms with E-state index < -0.39 is 0 Å². The number of ether oxygens (including phenoxy) is 2. The molecule has 0 atom stereocenters. The van der Waals surface area contributed by atoms with Gasteiger partial charge >= 0.3 is 0 Å². The number of para-hydroxylation sites is 1. The van der Waals surface area contributed by atoms with Gasteiger partial charge in [-0.2, -0.15) is 5.90 Å². The van der Waals surface area contributed by atoms with E-state index in [1.165, 1.54) is 0 Å². The number of aromatic nitrogens is 1. The largest absolute Gasteiger partial charge is 0.494 e. The first-order chi connectivity index (χ1) is 19.2. The summed E-state index contributed by atoms with van der Waals surface area (Å²) in [6.07, 6.45) is 2.48. The highest BCUT2D eigenvalue weighted by Crippen LogP contribution is 2.21. The molecule has 10 nitrogen and oxygen atoms in total. The first-order valence-corrected chi connectivity index (χ1v) is 12.6. The summed E-state index contributed by atoms with van der Waals surface area (Å²) < 4.78 is 11.3. The molecule has 4 aromatic rings. The number of fused-ring (bicyclic) bond motifs is 1. The molecule has 1 amide bonds. The van der Waals surface area contributed by atoms with Crippen molar-refractivity contribution >= 4 is 22.5 Å². The van der Waals surface area contributed by atoms with E-state index in [0.29, 0.717) is 44.4 Å². The minimum atomic E-state index is 0.0836. The predicted octanol–water partition coefficient (Wildman–Crippen LogP) is 3.95. The van der Waals surface area contributed by atoms with E-state index in [1.807, 2.05) is 60.7 Å². The van der Waals surface area contributed by atoms with Gasteiger partial charge in [-0.3, -0.25) is 9.78 Å². The van der Waals surface area contributed by atoms with E-state index in [0.717, 1.165) is 40.9 Å². The minimum Gasteiger partial charge on any atom is -0.494 e. The fourth-order valence-electron chi connectivity index (χ4n) is 3.97. The lowest BCUT2D eigenvalue weighted by atomic mass is 10.2. The average Bonchev–Trinajstić information content (AvgIpc) is 3.00. The number of hydrogen-bond donors (Lipinski definition) is 3. The van der Waals surface area contributed by atoms with Crippen LogP contribution in [0.5, 0.6) is 17.2 Å². The molecular formula is C29H32N4O6. The summed E-state index contributed by atoms with van der Waals surface area (Å²) in [5, 5.41) is 12.9. The van der Waals surface area contributed by atoms with Crippen LogP contribution >= 0.6 is 0 Å². The Morgan fingerprint density at radius 3 is 2.59 bits per heavy atom. The van der Waals surface area contributed by atoms with Gasteiger partial charge in [0.2, 0.25) is 5.91 Å². The number of hydrogen-bond acceptors (Lipinski definition) is 9. The van der Waals surface area contributed by atoms with Crippen molar-refractivity contribution in [3.63, 3.8) is 0 Å². The van der Waals surface area contributed by atoms with Crippen LogP contribution in [-0.2, 0) is 16.1 Å². The first-order valence-electron chi connectivity index (χ1n) is 12.6. The quantitative estimate of drug-likeness (QED) is 0.158. The highest BCUT2D eigenvalue weighted by molar-refractivity contribution is 5.95. The number of amides is 1. The van der Waals surface area contributed by atoms with Crippen molar-refractivity contribution in [2.45, 2.75) is 13.0 Å². The zero-order valence-electron chi connectivity index (χ0n) is 21.5. The Bertz CT molecular complexity index is 1330. The second-order valence-corrected chi connectivity index (χ2v) is 8.65. The Hall–Kier alpha value is -4.22. The van der Waals surface area contributed by atoms with Crippen molar-refractivity contribution in [3.05, 3.63) is 90.6 Å². The highest BCUT2D eigenvalue weighted by atomic mass is 17.1. The van der Waals surface area contributed by atoms with Crippen LogP contribution in [0, 0.1) is 0 Å². The second kappa shape index (κ2) is 14.6. The molecule has 0 saturated carbocycles. The molecule has 1 saturated heterocycles. The summed E-state index contributed by atoms with van der Waals surface area (Å²) in [4.78, 5) is 26.7. The van der Waals surface area contributed by atoms with Crippen molar-refractivity contribution in [1.29, 1.82) is 0 Å². The number of carbonyl (C=O) groups excluding carboxylic acids is 1. The maximum absolute atomic E-state index is 11.9. The van der Waals surface area contributed by atoms with E-state index in [1.54, 1.807) is 29.3 Å². The fraction of sp³-hybridized carbons (Fsp3) is 0.241. The van der Waals surface area contributed by atoms with E-state index in [4.69, 9.17) is 20.6 Å². The molecular weight excluding hydrogens is 500 g/mol. The summed E-state index contributed by atoms with van der Waals surface area (Å²) in [5.41, 5.74) is 2.57. The van der Waals surface area contributed by atoms with Crippen LogP contribution in [0.4, 0.5) is 5.69 Å². The third-order valence-electron chi connectivity index (χ3n) is 5.98. The minimum absolute atomic E-state index is 0.0836. The molecule has 1 aromatic heterocycles. The lowest BCUT2D eigenvalue weighted by molar-refractivity contribution is -0.139. The van der Waals surface area contributed by atoms with Gasteiger partial charge in [-0.15, -0.1) is 0 Å². The number of pyridine rings is 1. The van der Waals surface area contributed by atoms with Crippen LogP contribution in [0.2, 0.25) is 0 Å². The Kier molecular flexibility index (Phi) is 10.4. The molecule has 0 radical (unpaired) electrons. The summed E-state index contributed by atoms with van der Waals surface area (Å²) in [5.74, 6) is 6.89. The van der Waals surface area contributed by atoms with Gasteiger partial charge in [0.25, 0.3) is 0 Å². The molecule has 0 bridgehead atoms. The molecule has 5 rings (SSSR count). The number of benzene rings is 3. The van der Waals surface area contributed by atoms with E-state index in [2.05, 4.69) is 20.0 Å². The second-order valence-electron chi connectivity index (χ2n) is 8.65. The van der Waals surface area contributed by atoms with Gasteiger partial charge < -0.3 is 29.4 Å². The van der Waals surface area contributed by atoms with Crippen LogP contribution in [0.25, 0.3) is 10.9 Å². The first kappa shape index (κ1) is 27.8. The summed E-state index contributed by atoms with van der Waals surface area (Å²) in [6.45, 7) is 3.30. The summed E-state index contributed by atoms with van der Waals surface area (Å²) >= 11 is 0. The molecule has 0 unspecified atom stereocenters. The summed E-state index contributed by atoms with van der Waals surface area (Å²) in [6, 6.07) is 24.1. The van der Waals surface area contributed by atoms with Crippen LogP contribution < -0.4 is 30.6 Å². The maximum Gasteiger partial charge on any atom is 0.240 e. The van der Waals surface area contributed by atoms with Gasteiger partial charge in [0.05, 0.1) is 31.9 Å². The van der Waals surface area contributed by atoms with Gasteiger partial charge in [-0.05, 0) is 48.5 Å². The number of piperazine rings is 1. The Morgan fingerprint density at radius 2 is 1.79 bits per heavy atom. The average molecular weight is 533 g/mol. The lowest BCUT2D eigenvalue weighted by Crippen LogP contribution is -2.48. The number of nitrogens with zero attached hydrogens (tertiary/aromatic N) is 2. The number of carbonyl (C=O) groups is 1. The SMILES string of the molecule is NOc1ccc2cccnc2c1.O=C1CNCCN1c1ccc(OCCCOCc2ccccc2OO)cc1. The molecule has 1 aliphatic heterocycles. The lowest BCUT2D eigenvalue weighted by Gasteiger charge is -2.27. The fourth-order valence-corrected chi connectivity index (χ4v) is 3.97. The molecule has 204 valence electrons. The number of nitrogens with one attached hydrogen (secondary N) is 1.